The summed E-state index contributed by atoms with van der Waals surface area (Å²) in [5, 5.41) is 11.5. The van der Waals surface area contributed by atoms with Crippen molar-refractivity contribution in [1.29, 1.82) is 5.41 Å². The maximum Gasteiger partial charge on any atom is 0.0864 e. The Hall–Kier alpha value is -5.48. The second-order valence-electron chi connectivity index (χ2n) is 9.57. The number of fused-ring (bicyclic) bond motifs is 3. The van der Waals surface area contributed by atoms with Crippen LogP contribution >= 0.6 is 0 Å². The zero-order chi connectivity index (χ0) is 32.8. The van der Waals surface area contributed by atoms with Crippen molar-refractivity contribution in [1.82, 2.24) is 4.57 Å². The maximum absolute atomic E-state index is 5.50. The van der Waals surface area contributed by atoms with Gasteiger partial charge in [0.05, 0.1) is 22.4 Å². The van der Waals surface area contributed by atoms with Crippen molar-refractivity contribution in [3.63, 3.8) is 0 Å². The van der Waals surface area contributed by atoms with Gasteiger partial charge in [0.1, 0.15) is 0 Å². The van der Waals surface area contributed by atoms with Crippen LogP contribution in [0, 0.1) is 12.3 Å². The number of para-hydroxylation sites is 2. The van der Waals surface area contributed by atoms with Crippen LogP contribution in [0.15, 0.2) is 133 Å². The smallest absolute Gasteiger partial charge is 0.0864 e. The van der Waals surface area contributed by atoms with E-state index in [2.05, 4.69) is 157 Å². The molecule has 0 aliphatic carbocycles. The molecule has 5 aromatic carbocycles. The minimum Gasteiger partial charge on any atom is -0.353 e. The van der Waals surface area contributed by atoms with E-state index in [-0.39, 0.29) is 0 Å². The number of aryl methyl sites for hydroxylation is 1. The highest BCUT2D eigenvalue weighted by atomic mass is 15.0. The molecule has 4 nitrogen and oxygen atoms in total. The first-order chi connectivity index (χ1) is 22.2. The number of nitrogens with zero attached hydrogens (tertiary/aromatic N) is 2. The number of aliphatic imine (C=N–C) groups is 1. The summed E-state index contributed by atoms with van der Waals surface area (Å²) in [6.07, 6.45) is 5.82. The van der Waals surface area contributed by atoms with Crippen molar-refractivity contribution in [2.75, 3.05) is 5.32 Å². The van der Waals surface area contributed by atoms with Gasteiger partial charge in [-0.1, -0.05) is 125 Å². The average Bonchev–Trinajstić information content (AvgIpc) is 3.43. The SMILES string of the molecule is C=C/C=C/c1cccc(-n2c3ccccc3c3cc(N=C)c(Nc4ccccc4-c4ccccc4C)cc32)c1.C=N.CC.CC. The number of hydrogen-bond acceptors (Lipinski definition) is 3. The Bertz CT molecular complexity index is 1910. The highest BCUT2D eigenvalue weighted by Crippen LogP contribution is 2.41. The summed E-state index contributed by atoms with van der Waals surface area (Å²) in [6, 6.07) is 38.3. The molecule has 0 saturated carbocycles. The molecule has 0 fully saturated rings. The zero-order valence-corrected chi connectivity index (χ0v) is 27.1. The van der Waals surface area contributed by atoms with Crippen molar-refractivity contribution in [2.24, 2.45) is 4.99 Å². The summed E-state index contributed by atoms with van der Waals surface area (Å²) in [4.78, 5) is 4.43. The van der Waals surface area contributed by atoms with Crippen LogP contribution in [0.3, 0.4) is 0 Å². The molecule has 6 aromatic rings. The van der Waals surface area contributed by atoms with Crippen LogP contribution in [0.4, 0.5) is 17.1 Å². The number of nitrogens with one attached hydrogen (secondary N) is 2. The second kappa shape index (κ2) is 17.0. The van der Waals surface area contributed by atoms with E-state index in [4.69, 9.17) is 5.41 Å². The van der Waals surface area contributed by atoms with Crippen LogP contribution < -0.4 is 5.32 Å². The Kier molecular flexibility index (Phi) is 12.8. The van der Waals surface area contributed by atoms with Gasteiger partial charge in [0, 0.05) is 27.7 Å². The summed E-state index contributed by atoms with van der Waals surface area (Å²) < 4.78 is 2.32. The Morgan fingerprint density at radius 1 is 0.689 bits per heavy atom. The van der Waals surface area contributed by atoms with Crippen LogP contribution in [0.2, 0.25) is 0 Å². The third kappa shape index (κ3) is 7.36. The number of hydrogen-bond donors (Lipinski definition) is 2. The van der Waals surface area contributed by atoms with E-state index < -0.39 is 0 Å². The van der Waals surface area contributed by atoms with E-state index in [0.29, 0.717) is 0 Å². The van der Waals surface area contributed by atoms with Crippen LogP contribution in [0.1, 0.15) is 38.8 Å². The molecule has 228 valence electrons. The van der Waals surface area contributed by atoms with Crippen LogP contribution in [-0.4, -0.2) is 18.0 Å². The molecule has 0 saturated heterocycles. The molecule has 1 heterocycles. The maximum atomic E-state index is 5.50. The molecule has 1 aromatic heterocycles. The fraction of sp³-hybridized carbons (Fsp3) is 0.122. The molecule has 0 radical (unpaired) electrons. The monoisotopic (exact) mass is 592 g/mol. The molecular weight excluding hydrogens is 548 g/mol. The van der Waals surface area contributed by atoms with Gasteiger partial charge in [0.25, 0.3) is 0 Å². The molecule has 2 N–H and O–H groups in total. The van der Waals surface area contributed by atoms with Crippen LogP contribution in [0.5, 0.6) is 0 Å². The van der Waals surface area contributed by atoms with Gasteiger partial charge in [-0.3, -0.25) is 4.99 Å². The molecule has 0 bridgehead atoms. The fourth-order valence-corrected chi connectivity index (χ4v) is 5.31. The third-order valence-corrected chi connectivity index (χ3v) is 7.15. The molecule has 4 heteroatoms. The minimum absolute atomic E-state index is 0.813. The summed E-state index contributed by atoms with van der Waals surface area (Å²) in [6.45, 7) is 20.4. The van der Waals surface area contributed by atoms with E-state index in [9.17, 15) is 0 Å². The van der Waals surface area contributed by atoms with Gasteiger partial charge >= 0.3 is 0 Å². The Morgan fingerprint density at radius 2 is 1.36 bits per heavy atom. The van der Waals surface area contributed by atoms with Gasteiger partial charge in [-0.05, 0) is 73.4 Å². The molecule has 0 amide bonds. The summed E-state index contributed by atoms with van der Waals surface area (Å²) in [5.41, 5.74) is 10.8. The number of aromatic nitrogens is 1. The van der Waals surface area contributed by atoms with E-state index in [1.807, 2.05) is 33.8 Å². The molecule has 0 aliphatic heterocycles. The van der Waals surface area contributed by atoms with Crippen molar-refractivity contribution < 1.29 is 0 Å². The number of rotatable bonds is 7. The largest absolute Gasteiger partial charge is 0.353 e. The molecule has 0 spiro atoms. The number of allylic oxidation sites excluding steroid dienone is 2. The van der Waals surface area contributed by atoms with Gasteiger partial charge in [-0.25, -0.2) is 0 Å². The predicted octanol–water partition coefficient (Wildman–Crippen LogP) is 12.4. The topological polar surface area (TPSA) is 53.2 Å². The lowest BCUT2D eigenvalue weighted by atomic mass is 9.99. The van der Waals surface area contributed by atoms with Crippen LogP contribution in [0.25, 0.3) is 44.7 Å². The fourth-order valence-electron chi connectivity index (χ4n) is 5.31. The van der Waals surface area contributed by atoms with Crippen molar-refractivity contribution >= 4 is 58.4 Å². The molecule has 6 rings (SSSR count). The standard InChI is InChI=1S/C36H29N3.2C2H6.CH3N/c1-4-5-14-26-15-12-16-27(22-26)39-35-21-11-9-19-30(35)31-23-33(37-3)34(24-36(31)39)38-32-20-10-8-18-29(32)28-17-7-6-13-25(28)2;3*1-2/h4-24,38H,1,3H2,2H3;2*1-2H3;2H,1H2/b14-5+;;;. The van der Waals surface area contributed by atoms with E-state index in [1.165, 1.54) is 16.5 Å². The summed E-state index contributed by atoms with van der Waals surface area (Å²) >= 11 is 0. The Morgan fingerprint density at radius 3 is 2.07 bits per heavy atom. The first-order valence-corrected chi connectivity index (χ1v) is 15.4. The Balaban J connectivity index is 0.000000870. The highest BCUT2D eigenvalue weighted by molar-refractivity contribution is 6.12. The van der Waals surface area contributed by atoms with E-state index in [0.717, 1.165) is 50.3 Å². The third-order valence-electron chi connectivity index (χ3n) is 7.15. The van der Waals surface area contributed by atoms with Gasteiger partial charge in [-0.15, -0.1) is 0 Å². The Labute approximate surface area is 268 Å². The van der Waals surface area contributed by atoms with Crippen molar-refractivity contribution in [3.8, 4) is 16.8 Å². The first-order valence-electron chi connectivity index (χ1n) is 15.4. The lowest BCUT2D eigenvalue weighted by Gasteiger charge is -2.16. The summed E-state index contributed by atoms with van der Waals surface area (Å²) in [7, 11) is 0. The van der Waals surface area contributed by atoms with Gasteiger partial charge in [0.15, 0.2) is 0 Å². The normalized spacial score (nSPS) is 10.2. The second-order valence-corrected chi connectivity index (χ2v) is 9.57. The molecular formula is C41H44N4. The number of anilines is 2. The zero-order valence-electron chi connectivity index (χ0n) is 27.1. The summed E-state index contributed by atoms with van der Waals surface area (Å²) in [5.74, 6) is 0. The van der Waals surface area contributed by atoms with Crippen LogP contribution in [-0.2, 0) is 0 Å². The minimum atomic E-state index is 0.813. The quantitative estimate of drug-likeness (QED) is 0.141. The number of benzene rings is 5. The molecule has 0 atom stereocenters. The average molecular weight is 593 g/mol. The van der Waals surface area contributed by atoms with Crippen molar-refractivity contribution in [2.45, 2.75) is 34.6 Å². The molecule has 0 aliphatic rings. The first kappa shape index (κ1) is 34.0. The highest BCUT2D eigenvalue weighted by Gasteiger charge is 2.16. The van der Waals surface area contributed by atoms with E-state index in [1.54, 1.807) is 6.08 Å². The molecule has 45 heavy (non-hydrogen) atoms. The predicted molar refractivity (Wildman–Crippen MR) is 202 cm³/mol. The van der Waals surface area contributed by atoms with Gasteiger partial charge in [-0.2, -0.15) is 0 Å². The lowest BCUT2D eigenvalue weighted by molar-refractivity contribution is 1.18. The van der Waals surface area contributed by atoms with E-state index >= 15 is 0 Å². The van der Waals surface area contributed by atoms with Gasteiger partial charge < -0.3 is 15.3 Å². The lowest BCUT2D eigenvalue weighted by Crippen LogP contribution is -1.97. The van der Waals surface area contributed by atoms with Gasteiger partial charge in [0.2, 0.25) is 0 Å². The van der Waals surface area contributed by atoms with Crippen molar-refractivity contribution in [3.05, 3.63) is 139 Å². The molecule has 0 unspecified atom stereocenters.